The number of benzene rings is 1. The molecule has 7 heteroatoms. The third kappa shape index (κ3) is 2.34. The van der Waals surface area contributed by atoms with E-state index >= 15 is 0 Å². The first-order valence-electron chi connectivity index (χ1n) is 4.40. The highest BCUT2D eigenvalue weighted by Crippen LogP contribution is 2.29. The molecule has 0 amide bonds. The van der Waals surface area contributed by atoms with Crippen molar-refractivity contribution in [2.75, 3.05) is 0 Å². The molecule has 0 aliphatic rings. The van der Waals surface area contributed by atoms with E-state index in [0.717, 1.165) is 11.3 Å². The van der Waals surface area contributed by atoms with Crippen LogP contribution in [0.15, 0.2) is 23.6 Å². The number of nitrogens with two attached hydrogens (primary N) is 1. The molecule has 4 nitrogen and oxygen atoms in total. The zero-order valence-electron chi connectivity index (χ0n) is 8.02. The Kier molecular flexibility index (Phi) is 3.73. The van der Waals surface area contributed by atoms with Gasteiger partial charge in [-0.15, -0.1) is 5.10 Å². The largest absolute Gasteiger partial charge is 0.271 e. The molecule has 2 rings (SSSR count). The second-order valence-electron chi connectivity index (χ2n) is 3.10. The second kappa shape index (κ2) is 5.07. The molecule has 3 N–H and O–H groups in total. The first kappa shape index (κ1) is 11.8. The molecule has 0 saturated heterocycles. The SMILES string of the molecule is NNC(c1csnn1)c1cc(Cl)ccc1Cl. The Morgan fingerprint density at radius 1 is 1.38 bits per heavy atom. The third-order valence-electron chi connectivity index (χ3n) is 2.11. The molecular formula is C9H8Cl2N4S. The summed E-state index contributed by atoms with van der Waals surface area (Å²) in [6.07, 6.45) is 0. The lowest BCUT2D eigenvalue weighted by Gasteiger charge is -2.15. The van der Waals surface area contributed by atoms with Gasteiger partial charge in [0.25, 0.3) is 0 Å². The molecule has 84 valence electrons. The van der Waals surface area contributed by atoms with Crippen molar-refractivity contribution in [3.8, 4) is 0 Å². The Morgan fingerprint density at radius 3 is 2.81 bits per heavy atom. The van der Waals surface area contributed by atoms with E-state index in [4.69, 9.17) is 29.0 Å². The van der Waals surface area contributed by atoms with Gasteiger partial charge in [-0.3, -0.25) is 5.84 Å². The summed E-state index contributed by atoms with van der Waals surface area (Å²) in [4.78, 5) is 0. The number of hydrazine groups is 1. The summed E-state index contributed by atoms with van der Waals surface area (Å²) in [6.45, 7) is 0. The number of nitrogens with one attached hydrogen (secondary N) is 1. The molecule has 0 fully saturated rings. The van der Waals surface area contributed by atoms with Gasteiger partial charge in [-0.2, -0.15) is 0 Å². The van der Waals surface area contributed by atoms with Crippen molar-refractivity contribution in [1.82, 2.24) is 15.0 Å². The normalized spacial score (nSPS) is 12.7. The average Bonchev–Trinajstić information content (AvgIpc) is 2.78. The average molecular weight is 275 g/mol. The Morgan fingerprint density at radius 2 is 2.19 bits per heavy atom. The van der Waals surface area contributed by atoms with Gasteiger partial charge in [0.15, 0.2) is 0 Å². The van der Waals surface area contributed by atoms with Crippen molar-refractivity contribution >= 4 is 34.7 Å². The molecule has 1 atom stereocenters. The van der Waals surface area contributed by atoms with E-state index in [1.165, 1.54) is 11.5 Å². The fraction of sp³-hybridized carbons (Fsp3) is 0.111. The minimum absolute atomic E-state index is 0.301. The first-order chi connectivity index (χ1) is 7.72. The van der Waals surface area contributed by atoms with Crippen molar-refractivity contribution < 1.29 is 0 Å². The van der Waals surface area contributed by atoms with E-state index in [1.54, 1.807) is 18.2 Å². The maximum atomic E-state index is 6.09. The number of rotatable bonds is 3. The van der Waals surface area contributed by atoms with Gasteiger partial charge >= 0.3 is 0 Å². The zero-order valence-corrected chi connectivity index (χ0v) is 10.4. The highest BCUT2D eigenvalue weighted by molar-refractivity contribution is 7.03. The predicted molar refractivity (Wildman–Crippen MR) is 65.5 cm³/mol. The lowest BCUT2D eigenvalue weighted by atomic mass is 10.1. The van der Waals surface area contributed by atoms with Crippen LogP contribution in [-0.2, 0) is 0 Å². The topological polar surface area (TPSA) is 63.8 Å². The Balaban J connectivity index is 2.44. The van der Waals surface area contributed by atoms with Crippen molar-refractivity contribution in [2.45, 2.75) is 6.04 Å². The molecule has 0 aliphatic carbocycles. The summed E-state index contributed by atoms with van der Waals surface area (Å²) >= 11 is 13.3. The van der Waals surface area contributed by atoms with Gasteiger partial charge < -0.3 is 0 Å². The maximum absolute atomic E-state index is 6.09. The van der Waals surface area contributed by atoms with Crippen LogP contribution in [-0.4, -0.2) is 9.59 Å². The lowest BCUT2D eigenvalue weighted by Crippen LogP contribution is -2.29. The van der Waals surface area contributed by atoms with E-state index in [9.17, 15) is 0 Å². The standard InChI is InChI=1S/C9H8Cl2N4S/c10-5-1-2-7(11)6(3-5)9(13-12)8-4-16-15-14-8/h1-4,9,13H,12H2. The van der Waals surface area contributed by atoms with E-state index in [1.807, 2.05) is 5.38 Å². The summed E-state index contributed by atoms with van der Waals surface area (Å²) in [5.74, 6) is 5.50. The van der Waals surface area contributed by atoms with Gasteiger partial charge in [0.1, 0.15) is 0 Å². The molecule has 0 radical (unpaired) electrons. The first-order valence-corrected chi connectivity index (χ1v) is 5.99. The minimum Gasteiger partial charge on any atom is -0.271 e. The summed E-state index contributed by atoms with van der Waals surface area (Å²) in [7, 11) is 0. The van der Waals surface area contributed by atoms with Crippen LogP contribution in [0.5, 0.6) is 0 Å². The number of hydrogen-bond acceptors (Lipinski definition) is 5. The molecule has 1 unspecified atom stereocenters. The Labute approximate surface area is 107 Å². The van der Waals surface area contributed by atoms with Gasteiger partial charge in [-0.25, -0.2) is 5.43 Å². The molecule has 16 heavy (non-hydrogen) atoms. The minimum atomic E-state index is -0.301. The van der Waals surface area contributed by atoms with E-state index in [2.05, 4.69) is 15.0 Å². The number of nitrogens with zero attached hydrogens (tertiary/aromatic N) is 2. The number of halogens is 2. The molecule has 1 heterocycles. The lowest BCUT2D eigenvalue weighted by molar-refractivity contribution is 0.619. The molecule has 1 aromatic carbocycles. The van der Waals surface area contributed by atoms with Crippen LogP contribution >= 0.6 is 34.7 Å². The fourth-order valence-corrected chi connectivity index (χ4v) is 2.25. The molecule has 1 aromatic heterocycles. The highest BCUT2D eigenvalue weighted by atomic mass is 35.5. The van der Waals surface area contributed by atoms with Gasteiger partial charge in [0, 0.05) is 15.4 Å². The van der Waals surface area contributed by atoms with E-state index in [-0.39, 0.29) is 6.04 Å². The third-order valence-corrected chi connectivity index (χ3v) is 3.21. The van der Waals surface area contributed by atoms with Gasteiger partial charge in [0.2, 0.25) is 0 Å². The van der Waals surface area contributed by atoms with Crippen molar-refractivity contribution in [3.05, 3.63) is 44.9 Å². The summed E-state index contributed by atoms with van der Waals surface area (Å²) in [5.41, 5.74) is 4.15. The summed E-state index contributed by atoms with van der Waals surface area (Å²) < 4.78 is 3.79. The Bertz CT molecular complexity index is 474. The number of hydrogen-bond donors (Lipinski definition) is 2. The molecule has 0 saturated carbocycles. The monoisotopic (exact) mass is 274 g/mol. The van der Waals surface area contributed by atoms with Gasteiger partial charge in [-0.1, -0.05) is 27.7 Å². The summed E-state index contributed by atoms with van der Waals surface area (Å²) in [6, 6.07) is 4.90. The van der Waals surface area contributed by atoms with Crippen LogP contribution in [0.1, 0.15) is 17.3 Å². The van der Waals surface area contributed by atoms with Crippen molar-refractivity contribution in [3.63, 3.8) is 0 Å². The van der Waals surface area contributed by atoms with Crippen molar-refractivity contribution in [2.24, 2.45) is 5.84 Å². The highest BCUT2D eigenvalue weighted by Gasteiger charge is 2.18. The quantitative estimate of drug-likeness (QED) is 0.667. The van der Waals surface area contributed by atoms with Crippen LogP contribution in [0.2, 0.25) is 10.0 Å². The second-order valence-corrected chi connectivity index (χ2v) is 4.55. The van der Waals surface area contributed by atoms with Crippen molar-refractivity contribution in [1.29, 1.82) is 0 Å². The van der Waals surface area contributed by atoms with E-state index in [0.29, 0.717) is 10.0 Å². The summed E-state index contributed by atoms with van der Waals surface area (Å²) in [5, 5.41) is 6.95. The molecule has 0 bridgehead atoms. The van der Waals surface area contributed by atoms with Crippen LogP contribution in [0.4, 0.5) is 0 Å². The Hall–Kier alpha value is -0.720. The zero-order chi connectivity index (χ0) is 11.5. The smallest absolute Gasteiger partial charge is 0.0983 e. The predicted octanol–water partition coefficient (Wildman–Crippen LogP) is 2.40. The van der Waals surface area contributed by atoms with Crippen LogP contribution in [0.25, 0.3) is 0 Å². The molecule has 0 spiro atoms. The van der Waals surface area contributed by atoms with Crippen LogP contribution in [0.3, 0.4) is 0 Å². The van der Waals surface area contributed by atoms with E-state index < -0.39 is 0 Å². The number of aromatic nitrogens is 2. The molecule has 0 aliphatic heterocycles. The molecular weight excluding hydrogens is 267 g/mol. The van der Waals surface area contributed by atoms with Crippen LogP contribution in [0, 0.1) is 0 Å². The molecule has 2 aromatic rings. The van der Waals surface area contributed by atoms with Gasteiger partial charge in [0.05, 0.1) is 11.7 Å². The van der Waals surface area contributed by atoms with Crippen LogP contribution < -0.4 is 11.3 Å². The van der Waals surface area contributed by atoms with Gasteiger partial charge in [-0.05, 0) is 35.3 Å². The maximum Gasteiger partial charge on any atom is 0.0983 e. The fourth-order valence-electron chi connectivity index (χ4n) is 1.37.